The Morgan fingerprint density at radius 1 is 1.04 bits per heavy atom. The van der Waals surface area contributed by atoms with Crippen LogP contribution in [0, 0.1) is 0 Å². The molecule has 27 heavy (non-hydrogen) atoms. The maximum atomic E-state index is 13.0. The number of benzene rings is 2. The molecule has 1 fully saturated rings. The summed E-state index contributed by atoms with van der Waals surface area (Å²) in [6.45, 7) is 2.81. The predicted octanol–water partition coefficient (Wildman–Crippen LogP) is 4.01. The van der Waals surface area contributed by atoms with Crippen molar-refractivity contribution in [2.45, 2.75) is 37.1 Å². The molecule has 3 rings (SSSR count). The van der Waals surface area contributed by atoms with Gasteiger partial charge in [0.05, 0.1) is 16.5 Å². The summed E-state index contributed by atoms with van der Waals surface area (Å²) in [6.07, 6.45) is 2.72. The van der Waals surface area contributed by atoms with Crippen LogP contribution in [0.2, 0.25) is 5.02 Å². The summed E-state index contributed by atoms with van der Waals surface area (Å²) in [5.74, 6) is -0.432. The summed E-state index contributed by atoms with van der Waals surface area (Å²) in [5.41, 5.74) is 0.936. The third-order valence-corrected chi connectivity index (χ3v) is 7.08. The SMILES string of the molecule is CC(NC(=O)c1ccccc1S(=O)(=O)N1CCCCC1)c1ccccc1Cl. The van der Waals surface area contributed by atoms with Gasteiger partial charge in [-0.25, -0.2) is 8.42 Å². The van der Waals surface area contributed by atoms with Gasteiger partial charge in [-0.15, -0.1) is 0 Å². The topological polar surface area (TPSA) is 66.5 Å². The van der Waals surface area contributed by atoms with Gasteiger partial charge in [0, 0.05) is 18.1 Å². The molecular formula is C20H23ClN2O3S. The van der Waals surface area contributed by atoms with E-state index in [0.29, 0.717) is 18.1 Å². The van der Waals surface area contributed by atoms with E-state index < -0.39 is 15.9 Å². The van der Waals surface area contributed by atoms with E-state index in [1.807, 2.05) is 25.1 Å². The molecule has 0 aliphatic carbocycles. The molecule has 1 atom stereocenters. The molecule has 0 bridgehead atoms. The van der Waals surface area contributed by atoms with Crippen LogP contribution in [0.15, 0.2) is 53.4 Å². The van der Waals surface area contributed by atoms with Gasteiger partial charge in [0.25, 0.3) is 5.91 Å². The molecule has 2 aromatic carbocycles. The monoisotopic (exact) mass is 406 g/mol. The third-order valence-electron chi connectivity index (χ3n) is 4.78. The van der Waals surface area contributed by atoms with Gasteiger partial charge in [-0.3, -0.25) is 4.79 Å². The van der Waals surface area contributed by atoms with Crippen LogP contribution < -0.4 is 5.32 Å². The zero-order valence-corrected chi connectivity index (χ0v) is 16.8. The molecule has 5 nitrogen and oxygen atoms in total. The molecule has 7 heteroatoms. The van der Waals surface area contributed by atoms with Crippen LogP contribution in [0.1, 0.15) is 48.1 Å². The van der Waals surface area contributed by atoms with Crippen molar-refractivity contribution < 1.29 is 13.2 Å². The first kappa shape index (κ1) is 19.9. The minimum absolute atomic E-state index is 0.0516. The van der Waals surface area contributed by atoms with Crippen molar-refractivity contribution in [3.05, 3.63) is 64.7 Å². The van der Waals surface area contributed by atoms with Crippen LogP contribution in [-0.2, 0) is 10.0 Å². The van der Waals surface area contributed by atoms with E-state index in [9.17, 15) is 13.2 Å². The van der Waals surface area contributed by atoms with Crippen molar-refractivity contribution in [3.8, 4) is 0 Å². The largest absolute Gasteiger partial charge is 0.345 e. The first-order valence-electron chi connectivity index (χ1n) is 9.05. The minimum Gasteiger partial charge on any atom is -0.345 e. The fourth-order valence-corrected chi connectivity index (χ4v) is 5.31. The van der Waals surface area contributed by atoms with Crippen LogP contribution in [0.25, 0.3) is 0 Å². The number of piperidine rings is 1. The molecule has 0 saturated carbocycles. The summed E-state index contributed by atoms with van der Waals surface area (Å²) in [6, 6.07) is 13.3. The quantitative estimate of drug-likeness (QED) is 0.815. The Bertz CT molecular complexity index is 924. The highest BCUT2D eigenvalue weighted by Crippen LogP contribution is 2.26. The first-order chi connectivity index (χ1) is 12.9. The van der Waals surface area contributed by atoms with E-state index in [2.05, 4.69) is 5.32 Å². The molecule has 2 aromatic rings. The van der Waals surface area contributed by atoms with Gasteiger partial charge in [-0.05, 0) is 43.5 Å². The maximum absolute atomic E-state index is 13.0. The zero-order valence-electron chi connectivity index (χ0n) is 15.2. The lowest BCUT2D eigenvalue weighted by molar-refractivity contribution is 0.0936. The molecule has 1 N–H and O–H groups in total. The lowest BCUT2D eigenvalue weighted by Crippen LogP contribution is -2.37. The summed E-state index contributed by atoms with van der Waals surface area (Å²) >= 11 is 6.20. The van der Waals surface area contributed by atoms with Crippen molar-refractivity contribution in [1.29, 1.82) is 0 Å². The number of carbonyl (C=O) groups excluding carboxylic acids is 1. The van der Waals surface area contributed by atoms with Gasteiger partial charge in [-0.2, -0.15) is 4.31 Å². The lowest BCUT2D eigenvalue weighted by atomic mass is 10.1. The second-order valence-corrected chi connectivity index (χ2v) is 8.99. The van der Waals surface area contributed by atoms with E-state index in [0.717, 1.165) is 24.8 Å². The maximum Gasteiger partial charge on any atom is 0.253 e. The molecule has 1 saturated heterocycles. The summed E-state index contributed by atoms with van der Waals surface area (Å²) in [4.78, 5) is 12.9. The van der Waals surface area contributed by atoms with Crippen molar-refractivity contribution >= 4 is 27.5 Å². The molecule has 0 radical (unpaired) electrons. The molecule has 1 heterocycles. The Labute approximate surface area is 165 Å². The Kier molecular flexibility index (Phi) is 6.19. The first-order valence-corrected chi connectivity index (χ1v) is 10.9. The molecule has 1 aliphatic rings. The number of carbonyl (C=O) groups is 1. The number of hydrogen-bond acceptors (Lipinski definition) is 3. The van der Waals surface area contributed by atoms with Gasteiger partial charge < -0.3 is 5.32 Å². The van der Waals surface area contributed by atoms with Crippen LogP contribution in [0.5, 0.6) is 0 Å². The highest BCUT2D eigenvalue weighted by molar-refractivity contribution is 7.89. The average Bonchev–Trinajstić information content (AvgIpc) is 2.69. The van der Waals surface area contributed by atoms with E-state index in [-0.39, 0.29) is 16.5 Å². The van der Waals surface area contributed by atoms with E-state index in [4.69, 9.17) is 11.6 Å². The molecule has 1 unspecified atom stereocenters. The highest BCUT2D eigenvalue weighted by Gasteiger charge is 2.30. The number of sulfonamides is 1. The lowest BCUT2D eigenvalue weighted by Gasteiger charge is -2.27. The Balaban J connectivity index is 1.87. The number of nitrogens with zero attached hydrogens (tertiary/aromatic N) is 1. The highest BCUT2D eigenvalue weighted by atomic mass is 35.5. The summed E-state index contributed by atoms with van der Waals surface area (Å²) in [5, 5.41) is 3.42. The molecule has 0 spiro atoms. The molecule has 1 aliphatic heterocycles. The summed E-state index contributed by atoms with van der Waals surface area (Å²) in [7, 11) is -3.70. The average molecular weight is 407 g/mol. The smallest absolute Gasteiger partial charge is 0.253 e. The van der Waals surface area contributed by atoms with E-state index in [1.54, 1.807) is 24.3 Å². The van der Waals surface area contributed by atoms with Gasteiger partial charge in [0.15, 0.2) is 0 Å². The van der Waals surface area contributed by atoms with E-state index in [1.165, 1.54) is 10.4 Å². The number of hydrogen-bond donors (Lipinski definition) is 1. The van der Waals surface area contributed by atoms with Crippen molar-refractivity contribution in [1.82, 2.24) is 9.62 Å². The Hall–Kier alpha value is -1.89. The zero-order chi connectivity index (χ0) is 19.4. The Morgan fingerprint density at radius 3 is 2.37 bits per heavy atom. The summed E-state index contributed by atoms with van der Waals surface area (Å²) < 4.78 is 27.6. The van der Waals surface area contributed by atoms with Crippen molar-refractivity contribution in [2.75, 3.05) is 13.1 Å². The van der Waals surface area contributed by atoms with E-state index >= 15 is 0 Å². The van der Waals surface area contributed by atoms with Crippen LogP contribution >= 0.6 is 11.6 Å². The van der Waals surface area contributed by atoms with Crippen LogP contribution in [0.4, 0.5) is 0 Å². The second-order valence-electron chi connectivity index (χ2n) is 6.68. The second kappa shape index (κ2) is 8.42. The Morgan fingerprint density at radius 2 is 1.67 bits per heavy atom. The normalized spacial score (nSPS) is 16.7. The van der Waals surface area contributed by atoms with Gasteiger partial charge in [-0.1, -0.05) is 48.4 Å². The van der Waals surface area contributed by atoms with Gasteiger partial charge in [0.2, 0.25) is 10.0 Å². The molecular weight excluding hydrogens is 384 g/mol. The minimum atomic E-state index is -3.70. The molecule has 1 amide bonds. The number of halogens is 1. The fourth-order valence-electron chi connectivity index (χ4n) is 3.30. The van der Waals surface area contributed by atoms with Crippen LogP contribution in [0.3, 0.4) is 0 Å². The number of amides is 1. The predicted molar refractivity (Wildman–Crippen MR) is 106 cm³/mol. The molecule has 0 aromatic heterocycles. The van der Waals surface area contributed by atoms with Crippen molar-refractivity contribution in [3.63, 3.8) is 0 Å². The van der Waals surface area contributed by atoms with Gasteiger partial charge >= 0.3 is 0 Å². The van der Waals surface area contributed by atoms with Crippen LogP contribution in [-0.4, -0.2) is 31.7 Å². The fraction of sp³-hybridized carbons (Fsp3) is 0.350. The van der Waals surface area contributed by atoms with Crippen molar-refractivity contribution in [2.24, 2.45) is 0 Å². The number of rotatable bonds is 5. The number of nitrogens with one attached hydrogen (secondary N) is 1. The standard InChI is InChI=1S/C20H23ClN2O3S/c1-15(16-9-3-5-11-18(16)21)22-20(24)17-10-4-6-12-19(17)27(25,26)23-13-7-2-8-14-23/h3-6,9-12,15H,2,7-8,13-14H2,1H3,(H,22,24). The molecule has 144 valence electrons. The van der Waals surface area contributed by atoms with Gasteiger partial charge in [0.1, 0.15) is 0 Å². The third kappa shape index (κ3) is 4.34.